The predicted molar refractivity (Wildman–Crippen MR) is 128 cm³/mol. The van der Waals surface area contributed by atoms with Gasteiger partial charge >= 0.3 is 5.69 Å². The SMILES string of the molecule is CCn1cc(C#N)c(=O)n(CC(=O)N(Cc2ccc(Cl)cc2)C23CC4CC(CC(C4)C2)C3)c1=O. The molecule has 1 aromatic heterocycles. The van der Waals surface area contributed by atoms with E-state index < -0.39 is 11.2 Å². The largest absolute Gasteiger partial charge is 0.331 e. The molecule has 0 aliphatic heterocycles. The van der Waals surface area contributed by atoms with Crippen molar-refractivity contribution in [2.75, 3.05) is 0 Å². The highest BCUT2D eigenvalue weighted by atomic mass is 35.5. The van der Waals surface area contributed by atoms with Gasteiger partial charge in [0.2, 0.25) is 5.91 Å². The van der Waals surface area contributed by atoms with Crippen molar-refractivity contribution in [2.45, 2.75) is 70.6 Å². The first-order chi connectivity index (χ1) is 16.3. The van der Waals surface area contributed by atoms with Crippen LogP contribution in [0.3, 0.4) is 0 Å². The van der Waals surface area contributed by atoms with Crippen molar-refractivity contribution in [1.82, 2.24) is 14.0 Å². The summed E-state index contributed by atoms with van der Waals surface area (Å²) in [5.41, 5.74) is -0.670. The average Bonchev–Trinajstić information content (AvgIpc) is 2.80. The Kier molecular flexibility index (Phi) is 5.89. The summed E-state index contributed by atoms with van der Waals surface area (Å²) in [6.45, 7) is 2.13. The van der Waals surface area contributed by atoms with E-state index >= 15 is 0 Å². The summed E-state index contributed by atoms with van der Waals surface area (Å²) in [5.74, 6) is 1.66. The molecular formula is C26H29ClN4O3. The molecule has 4 fully saturated rings. The van der Waals surface area contributed by atoms with Gasteiger partial charge in [0.15, 0.2) is 0 Å². The maximum atomic E-state index is 13.9. The standard InChI is InChI=1S/C26H29ClN4O3/c1-2-29-15-21(13-28)24(33)30(25(29)34)16-23(32)31(14-17-3-5-22(27)6-4-17)26-10-18-7-19(11-26)9-20(8-18)12-26/h3-6,15,18-20H,2,7-12,14,16H2,1H3. The van der Waals surface area contributed by atoms with E-state index in [1.165, 1.54) is 30.0 Å². The lowest BCUT2D eigenvalue weighted by Gasteiger charge is -2.60. The molecule has 2 aromatic rings. The van der Waals surface area contributed by atoms with Gasteiger partial charge in [0.25, 0.3) is 5.56 Å². The van der Waals surface area contributed by atoms with Crippen molar-refractivity contribution < 1.29 is 4.79 Å². The molecule has 4 saturated carbocycles. The van der Waals surface area contributed by atoms with E-state index in [2.05, 4.69) is 0 Å². The van der Waals surface area contributed by atoms with Crippen molar-refractivity contribution in [2.24, 2.45) is 17.8 Å². The first-order valence-electron chi connectivity index (χ1n) is 12.1. The number of carbonyl (C=O) groups excluding carboxylic acids is 1. The Morgan fingerprint density at radius 3 is 2.24 bits per heavy atom. The maximum absolute atomic E-state index is 13.9. The molecule has 0 radical (unpaired) electrons. The number of nitrogens with zero attached hydrogens (tertiary/aromatic N) is 4. The van der Waals surface area contributed by atoms with Gasteiger partial charge in [-0.3, -0.25) is 14.2 Å². The molecule has 0 unspecified atom stereocenters. The molecule has 0 spiro atoms. The third-order valence-corrected chi connectivity index (χ3v) is 8.38. The van der Waals surface area contributed by atoms with Crippen LogP contribution in [0.4, 0.5) is 0 Å². The van der Waals surface area contributed by atoms with E-state index in [-0.39, 0.29) is 23.6 Å². The highest BCUT2D eigenvalue weighted by Gasteiger charge is 2.54. The van der Waals surface area contributed by atoms with Crippen molar-refractivity contribution in [1.29, 1.82) is 5.26 Å². The molecule has 8 heteroatoms. The Bertz CT molecular complexity index is 1240. The van der Waals surface area contributed by atoms with Crippen LogP contribution < -0.4 is 11.2 Å². The van der Waals surface area contributed by atoms with Crippen molar-refractivity contribution >= 4 is 17.5 Å². The number of nitriles is 1. The zero-order chi connectivity index (χ0) is 24.0. The summed E-state index contributed by atoms with van der Waals surface area (Å²) in [7, 11) is 0. The number of benzene rings is 1. The normalized spacial score (nSPS) is 26.9. The van der Waals surface area contributed by atoms with Gasteiger partial charge in [-0.1, -0.05) is 23.7 Å². The van der Waals surface area contributed by atoms with Crippen LogP contribution in [0.2, 0.25) is 5.02 Å². The Hall–Kier alpha value is -2.85. The van der Waals surface area contributed by atoms with E-state index in [0.717, 1.165) is 29.4 Å². The minimum absolute atomic E-state index is 0.131. The Morgan fingerprint density at radius 1 is 1.12 bits per heavy atom. The van der Waals surface area contributed by atoms with Gasteiger partial charge in [0, 0.05) is 29.8 Å². The number of hydrogen-bond acceptors (Lipinski definition) is 4. The van der Waals surface area contributed by atoms with Crippen LogP contribution in [-0.2, 0) is 24.4 Å². The molecule has 6 rings (SSSR count). The molecule has 7 nitrogen and oxygen atoms in total. The highest BCUT2D eigenvalue weighted by Crippen LogP contribution is 2.58. The van der Waals surface area contributed by atoms with E-state index in [9.17, 15) is 19.6 Å². The molecule has 4 aliphatic rings. The second kappa shape index (κ2) is 8.74. The summed E-state index contributed by atoms with van der Waals surface area (Å²) in [5, 5.41) is 10.0. The Labute approximate surface area is 203 Å². The zero-order valence-corrected chi connectivity index (χ0v) is 20.1. The number of rotatable bonds is 6. The molecular weight excluding hydrogens is 452 g/mol. The van der Waals surface area contributed by atoms with Crippen LogP contribution in [0.1, 0.15) is 56.6 Å². The fourth-order valence-electron chi connectivity index (χ4n) is 7.01. The van der Waals surface area contributed by atoms with Crippen LogP contribution in [0.15, 0.2) is 40.1 Å². The van der Waals surface area contributed by atoms with Gasteiger partial charge in [-0.15, -0.1) is 0 Å². The minimum Gasteiger partial charge on any atom is -0.331 e. The molecule has 0 saturated heterocycles. The van der Waals surface area contributed by atoms with Gasteiger partial charge < -0.3 is 4.90 Å². The first-order valence-corrected chi connectivity index (χ1v) is 12.5. The Balaban J connectivity index is 1.53. The molecule has 4 aliphatic carbocycles. The second-order valence-corrected chi connectivity index (χ2v) is 10.8. The first kappa shape index (κ1) is 22.9. The molecule has 1 heterocycles. The summed E-state index contributed by atoms with van der Waals surface area (Å²) in [4.78, 5) is 41.6. The molecule has 4 bridgehead atoms. The van der Waals surface area contributed by atoms with Gasteiger partial charge in [-0.25, -0.2) is 9.36 Å². The molecule has 0 atom stereocenters. The molecule has 1 aromatic carbocycles. The van der Waals surface area contributed by atoms with Crippen LogP contribution in [0.25, 0.3) is 0 Å². The summed E-state index contributed by atoms with van der Waals surface area (Å²) < 4.78 is 2.24. The van der Waals surface area contributed by atoms with Crippen LogP contribution in [0.5, 0.6) is 0 Å². The predicted octanol–water partition coefficient (Wildman–Crippen LogP) is 3.55. The van der Waals surface area contributed by atoms with Gasteiger partial charge in [0.05, 0.1) is 0 Å². The lowest BCUT2D eigenvalue weighted by atomic mass is 9.52. The van der Waals surface area contributed by atoms with Gasteiger partial charge in [-0.2, -0.15) is 5.26 Å². The van der Waals surface area contributed by atoms with Crippen molar-refractivity contribution in [3.05, 3.63) is 67.4 Å². The fraction of sp³-hybridized carbons (Fsp3) is 0.538. The molecule has 1 amide bonds. The number of aryl methyl sites for hydroxylation is 1. The third kappa shape index (κ3) is 3.98. The number of amides is 1. The molecule has 178 valence electrons. The third-order valence-electron chi connectivity index (χ3n) is 8.13. The second-order valence-electron chi connectivity index (χ2n) is 10.4. The van der Waals surface area contributed by atoms with Crippen LogP contribution in [-0.4, -0.2) is 25.5 Å². The monoisotopic (exact) mass is 480 g/mol. The van der Waals surface area contributed by atoms with Crippen molar-refractivity contribution in [3.8, 4) is 6.07 Å². The smallest absolute Gasteiger partial charge is 0.331 e. The highest BCUT2D eigenvalue weighted by molar-refractivity contribution is 6.30. The van der Waals surface area contributed by atoms with Gasteiger partial charge in [-0.05, 0) is 80.9 Å². The van der Waals surface area contributed by atoms with Crippen molar-refractivity contribution in [3.63, 3.8) is 0 Å². The molecule has 34 heavy (non-hydrogen) atoms. The Morgan fingerprint density at radius 2 is 1.71 bits per heavy atom. The topological polar surface area (TPSA) is 88.1 Å². The summed E-state index contributed by atoms with van der Waals surface area (Å²) in [6.07, 6.45) is 7.93. The number of hydrogen-bond donors (Lipinski definition) is 0. The van der Waals surface area contributed by atoms with E-state index in [0.29, 0.717) is 35.9 Å². The minimum atomic E-state index is -0.706. The number of carbonyl (C=O) groups is 1. The van der Waals surface area contributed by atoms with E-state index in [4.69, 9.17) is 11.6 Å². The van der Waals surface area contributed by atoms with Crippen LogP contribution >= 0.6 is 11.6 Å². The van der Waals surface area contributed by atoms with E-state index in [1.54, 1.807) is 6.92 Å². The maximum Gasteiger partial charge on any atom is 0.331 e. The summed E-state index contributed by atoms with van der Waals surface area (Å²) in [6, 6.07) is 9.35. The number of aromatic nitrogens is 2. The summed E-state index contributed by atoms with van der Waals surface area (Å²) >= 11 is 6.08. The fourth-order valence-corrected chi connectivity index (χ4v) is 7.13. The zero-order valence-electron chi connectivity index (χ0n) is 19.4. The molecule has 0 N–H and O–H groups in total. The average molecular weight is 481 g/mol. The lowest BCUT2D eigenvalue weighted by Crippen LogP contribution is -2.62. The lowest BCUT2D eigenvalue weighted by molar-refractivity contribution is -0.153. The van der Waals surface area contributed by atoms with Crippen LogP contribution in [0, 0.1) is 29.1 Å². The number of halogens is 1. The quantitative estimate of drug-likeness (QED) is 0.632. The van der Waals surface area contributed by atoms with E-state index in [1.807, 2.05) is 35.2 Å². The van der Waals surface area contributed by atoms with Gasteiger partial charge in [0.1, 0.15) is 18.2 Å².